The molecule has 0 atom stereocenters. The Balaban J connectivity index is 1.91. The molecule has 0 aromatic heterocycles. The minimum absolute atomic E-state index is 0.275. The second-order valence-electron chi connectivity index (χ2n) is 5.66. The van der Waals surface area contributed by atoms with Gasteiger partial charge >= 0.3 is 5.97 Å². The van der Waals surface area contributed by atoms with E-state index >= 15 is 0 Å². The number of para-hydroxylation sites is 1. The normalized spacial score (nSPS) is 14.0. The fourth-order valence-electron chi connectivity index (χ4n) is 2.81. The summed E-state index contributed by atoms with van der Waals surface area (Å²) in [6.07, 6.45) is 1.97. The van der Waals surface area contributed by atoms with E-state index in [9.17, 15) is 4.79 Å². The molecule has 0 saturated carbocycles. The first kappa shape index (κ1) is 17.5. The summed E-state index contributed by atoms with van der Waals surface area (Å²) in [6, 6.07) is 15.7. The summed E-state index contributed by atoms with van der Waals surface area (Å²) < 4.78 is 6.20. The number of rotatable bonds is 3. The van der Waals surface area contributed by atoms with Crippen molar-refractivity contribution in [3.63, 3.8) is 0 Å². The highest BCUT2D eigenvalue weighted by atomic mass is 79.9. The van der Waals surface area contributed by atoms with E-state index in [-0.39, 0.29) is 5.84 Å². The first-order valence-electron chi connectivity index (χ1n) is 8.31. The van der Waals surface area contributed by atoms with Crippen molar-refractivity contribution < 1.29 is 9.53 Å². The van der Waals surface area contributed by atoms with Crippen LogP contribution in [0.3, 0.4) is 0 Å². The van der Waals surface area contributed by atoms with E-state index in [2.05, 4.69) is 32.5 Å². The average Bonchev–Trinajstić information content (AvgIpc) is 2.64. The molecule has 0 amide bonds. The van der Waals surface area contributed by atoms with Gasteiger partial charge in [-0.25, -0.2) is 4.79 Å². The number of carbonyl (C=O) groups excluding carboxylic acids is 1. The zero-order valence-corrected chi connectivity index (χ0v) is 15.6. The average molecular weight is 402 g/mol. The van der Waals surface area contributed by atoms with Crippen molar-refractivity contribution in [1.82, 2.24) is 0 Å². The summed E-state index contributed by atoms with van der Waals surface area (Å²) in [6.45, 7) is 2.84. The Labute approximate surface area is 155 Å². The number of carbonyl (C=O) groups is 1. The van der Waals surface area contributed by atoms with Gasteiger partial charge in [-0.15, -0.1) is 5.10 Å². The molecule has 5 nitrogen and oxygen atoms in total. The number of aryl methyl sites for hydroxylation is 1. The monoisotopic (exact) mass is 401 g/mol. The third kappa shape index (κ3) is 4.20. The molecule has 2 aromatic carbocycles. The SMILES string of the molecule is CCOC(=O)/C(=N\Nc1ccc(Br)cc1)N1CCCc2ccccc21. The maximum absolute atomic E-state index is 12.5. The molecule has 0 fully saturated rings. The van der Waals surface area contributed by atoms with Crippen LogP contribution in [0, 0.1) is 0 Å². The van der Waals surface area contributed by atoms with Gasteiger partial charge in [-0.1, -0.05) is 34.1 Å². The number of halogens is 1. The Hall–Kier alpha value is -2.34. The number of nitrogens with one attached hydrogen (secondary N) is 1. The second kappa shape index (κ2) is 8.16. The van der Waals surface area contributed by atoms with Crippen LogP contribution in [0.1, 0.15) is 18.9 Å². The number of anilines is 2. The smallest absolute Gasteiger partial charge is 0.376 e. The molecule has 25 heavy (non-hydrogen) atoms. The van der Waals surface area contributed by atoms with Gasteiger partial charge in [0.15, 0.2) is 0 Å². The maximum atomic E-state index is 12.5. The van der Waals surface area contributed by atoms with Crippen molar-refractivity contribution in [2.75, 3.05) is 23.5 Å². The first-order valence-corrected chi connectivity index (χ1v) is 9.10. The fraction of sp³-hybridized carbons (Fsp3) is 0.263. The van der Waals surface area contributed by atoms with Crippen molar-refractivity contribution in [2.24, 2.45) is 5.10 Å². The van der Waals surface area contributed by atoms with Crippen LogP contribution < -0.4 is 10.3 Å². The highest BCUT2D eigenvalue weighted by molar-refractivity contribution is 9.10. The van der Waals surface area contributed by atoms with Gasteiger partial charge in [0.2, 0.25) is 5.84 Å². The molecule has 6 heteroatoms. The number of fused-ring (bicyclic) bond motifs is 1. The summed E-state index contributed by atoms with van der Waals surface area (Å²) in [5.41, 5.74) is 5.99. The van der Waals surface area contributed by atoms with Gasteiger partial charge in [-0.2, -0.15) is 0 Å². The van der Waals surface area contributed by atoms with Gasteiger partial charge in [0.05, 0.1) is 12.3 Å². The van der Waals surface area contributed by atoms with Crippen molar-refractivity contribution in [3.05, 3.63) is 58.6 Å². The lowest BCUT2D eigenvalue weighted by molar-refractivity contribution is -0.135. The molecule has 3 rings (SSSR count). The summed E-state index contributed by atoms with van der Waals surface area (Å²) >= 11 is 3.40. The number of ether oxygens (including phenoxy) is 1. The second-order valence-corrected chi connectivity index (χ2v) is 6.57. The molecule has 130 valence electrons. The van der Waals surface area contributed by atoms with Crippen LogP contribution in [-0.2, 0) is 16.0 Å². The van der Waals surface area contributed by atoms with Crippen molar-refractivity contribution >= 4 is 39.1 Å². The summed E-state index contributed by atoms with van der Waals surface area (Å²) in [7, 11) is 0. The van der Waals surface area contributed by atoms with Crippen LogP contribution >= 0.6 is 15.9 Å². The van der Waals surface area contributed by atoms with Gasteiger partial charge in [0.1, 0.15) is 0 Å². The van der Waals surface area contributed by atoms with Crippen molar-refractivity contribution in [3.8, 4) is 0 Å². The largest absolute Gasteiger partial charge is 0.460 e. The predicted octanol–water partition coefficient (Wildman–Crippen LogP) is 4.19. The van der Waals surface area contributed by atoms with Crippen molar-refractivity contribution in [1.29, 1.82) is 0 Å². The Kier molecular flexibility index (Phi) is 5.71. The molecular weight excluding hydrogens is 382 g/mol. The predicted molar refractivity (Wildman–Crippen MR) is 104 cm³/mol. The van der Waals surface area contributed by atoms with E-state index in [1.807, 2.05) is 47.4 Å². The lowest BCUT2D eigenvalue weighted by Crippen LogP contribution is -2.41. The summed E-state index contributed by atoms with van der Waals surface area (Å²) in [5.74, 6) is -0.152. The lowest BCUT2D eigenvalue weighted by Gasteiger charge is -2.30. The van der Waals surface area contributed by atoms with Crippen LogP contribution in [0.5, 0.6) is 0 Å². The Morgan fingerprint density at radius 2 is 2.00 bits per heavy atom. The number of esters is 1. The zero-order chi connectivity index (χ0) is 17.6. The van der Waals surface area contributed by atoms with E-state index in [0.29, 0.717) is 6.61 Å². The summed E-state index contributed by atoms with van der Waals surface area (Å²) in [4.78, 5) is 14.4. The Bertz CT molecular complexity index is 774. The topological polar surface area (TPSA) is 53.9 Å². The molecule has 1 aliphatic rings. The van der Waals surface area contributed by atoms with Crippen LogP contribution in [0.15, 0.2) is 58.1 Å². The summed E-state index contributed by atoms with van der Waals surface area (Å²) in [5, 5.41) is 4.37. The number of benzene rings is 2. The van der Waals surface area contributed by atoms with Gasteiger partial charge < -0.3 is 9.64 Å². The molecule has 0 radical (unpaired) electrons. The van der Waals surface area contributed by atoms with Crippen LogP contribution in [-0.4, -0.2) is 25.0 Å². The minimum atomic E-state index is -0.427. The molecule has 0 spiro atoms. The van der Waals surface area contributed by atoms with E-state index < -0.39 is 5.97 Å². The van der Waals surface area contributed by atoms with E-state index in [0.717, 1.165) is 35.2 Å². The van der Waals surface area contributed by atoms with Gasteiger partial charge in [0, 0.05) is 16.7 Å². The Morgan fingerprint density at radius 1 is 1.24 bits per heavy atom. The van der Waals surface area contributed by atoms with Gasteiger partial charge in [-0.3, -0.25) is 5.43 Å². The van der Waals surface area contributed by atoms with Gasteiger partial charge in [-0.05, 0) is 55.7 Å². The Morgan fingerprint density at radius 3 is 2.76 bits per heavy atom. The van der Waals surface area contributed by atoms with Crippen LogP contribution in [0.4, 0.5) is 11.4 Å². The van der Waals surface area contributed by atoms with Crippen LogP contribution in [0.2, 0.25) is 0 Å². The number of amidine groups is 1. The first-order chi connectivity index (χ1) is 12.2. The molecule has 0 aliphatic carbocycles. The standard InChI is InChI=1S/C19H20BrN3O2/c1-2-25-19(24)18(22-21-16-11-9-15(20)10-12-16)23-13-5-7-14-6-3-4-8-17(14)23/h3-4,6,8-12,21H,2,5,7,13H2,1H3/b22-18+. The number of nitrogens with zero attached hydrogens (tertiary/aromatic N) is 2. The molecule has 0 unspecified atom stereocenters. The van der Waals surface area contributed by atoms with Crippen molar-refractivity contribution in [2.45, 2.75) is 19.8 Å². The van der Waals surface area contributed by atoms with Gasteiger partial charge in [0.25, 0.3) is 0 Å². The number of hydrazone groups is 1. The molecule has 0 bridgehead atoms. The third-order valence-electron chi connectivity index (χ3n) is 3.96. The lowest BCUT2D eigenvalue weighted by atomic mass is 10.0. The van der Waals surface area contributed by atoms with E-state index in [1.54, 1.807) is 6.92 Å². The number of hydrogen-bond donors (Lipinski definition) is 1. The van der Waals surface area contributed by atoms with E-state index in [1.165, 1.54) is 5.56 Å². The highest BCUT2D eigenvalue weighted by Gasteiger charge is 2.26. The minimum Gasteiger partial charge on any atom is -0.460 e. The molecule has 1 aliphatic heterocycles. The molecule has 1 N–H and O–H groups in total. The maximum Gasteiger partial charge on any atom is 0.376 e. The van der Waals surface area contributed by atoms with Crippen LogP contribution in [0.25, 0.3) is 0 Å². The molecule has 1 heterocycles. The molecular formula is C19H20BrN3O2. The molecule has 0 saturated heterocycles. The fourth-order valence-corrected chi connectivity index (χ4v) is 3.07. The molecule has 2 aromatic rings. The zero-order valence-electron chi connectivity index (χ0n) is 14.0. The highest BCUT2D eigenvalue weighted by Crippen LogP contribution is 2.27. The quantitative estimate of drug-likeness (QED) is 0.362. The third-order valence-corrected chi connectivity index (χ3v) is 4.49. The number of hydrogen-bond acceptors (Lipinski definition) is 4. The van der Waals surface area contributed by atoms with E-state index in [4.69, 9.17) is 4.74 Å².